The molecule has 5 atom stereocenters. The van der Waals surface area contributed by atoms with E-state index in [9.17, 15) is 10.1 Å². The number of piperidine rings is 1. The molecule has 1 unspecified atom stereocenters. The molecule has 1 aliphatic carbocycles. The predicted molar refractivity (Wildman–Crippen MR) is 80.9 cm³/mol. The van der Waals surface area contributed by atoms with Gasteiger partial charge in [-0.15, -0.1) is 0 Å². The van der Waals surface area contributed by atoms with Crippen molar-refractivity contribution in [1.82, 2.24) is 4.90 Å². The maximum atomic E-state index is 12.3. The smallest absolute Gasteiger partial charge is 0.309 e. The summed E-state index contributed by atoms with van der Waals surface area (Å²) >= 11 is 0. The zero-order valence-electron chi connectivity index (χ0n) is 13.6. The molecule has 0 aromatic rings. The Bertz CT molecular complexity index is 467. The fourth-order valence-corrected chi connectivity index (χ4v) is 5.48. The Morgan fingerprint density at radius 2 is 2.05 bits per heavy atom. The molecule has 0 radical (unpaired) electrons. The van der Waals surface area contributed by atoms with Crippen molar-refractivity contribution in [3.05, 3.63) is 0 Å². The minimum Gasteiger partial charge on any atom is -0.469 e. The zero-order chi connectivity index (χ0) is 15.7. The molecule has 1 spiro atoms. The molecule has 2 aliphatic heterocycles. The number of ether oxygens (including phenoxy) is 2. The maximum Gasteiger partial charge on any atom is 0.309 e. The minimum atomic E-state index is -0.142. The van der Waals surface area contributed by atoms with Crippen LogP contribution in [0.1, 0.15) is 38.5 Å². The van der Waals surface area contributed by atoms with Gasteiger partial charge in [-0.25, -0.2) is 0 Å². The minimum absolute atomic E-state index is 0.0359. The van der Waals surface area contributed by atoms with E-state index in [2.05, 4.69) is 11.0 Å². The number of esters is 1. The standard InChI is InChI=1S/C17H26N2O3/c1-21-13-4-3-12-6-9-19-10-7-14(16(20)22-2)15(5-8-18)17(12,19)11-13/h12-15H,3-7,9-11H2,1-2H3/t12-,13-,14?,15+,17-/m0/s1. The van der Waals surface area contributed by atoms with Crippen LogP contribution in [-0.2, 0) is 14.3 Å². The molecule has 5 heteroatoms. The molecule has 0 N–H and O–H groups in total. The van der Waals surface area contributed by atoms with E-state index >= 15 is 0 Å². The second-order valence-corrected chi connectivity index (χ2v) is 6.99. The summed E-state index contributed by atoms with van der Waals surface area (Å²) in [7, 11) is 3.24. The average Bonchev–Trinajstić information content (AvgIpc) is 2.93. The highest BCUT2D eigenvalue weighted by Crippen LogP contribution is 2.55. The van der Waals surface area contributed by atoms with Crippen LogP contribution in [0, 0.1) is 29.1 Å². The Morgan fingerprint density at radius 1 is 1.27 bits per heavy atom. The molecule has 5 nitrogen and oxygen atoms in total. The molecule has 0 amide bonds. The Hall–Kier alpha value is -1.12. The fourth-order valence-electron chi connectivity index (χ4n) is 5.48. The third-order valence-electron chi connectivity index (χ3n) is 6.42. The van der Waals surface area contributed by atoms with E-state index in [1.807, 2.05) is 0 Å². The van der Waals surface area contributed by atoms with Crippen molar-refractivity contribution in [3.63, 3.8) is 0 Å². The summed E-state index contributed by atoms with van der Waals surface area (Å²) in [5, 5.41) is 9.37. The summed E-state index contributed by atoms with van der Waals surface area (Å²) in [5.41, 5.74) is -0.0359. The van der Waals surface area contributed by atoms with Gasteiger partial charge >= 0.3 is 5.97 Å². The van der Waals surface area contributed by atoms with Crippen LogP contribution in [-0.4, -0.2) is 49.8 Å². The maximum absolute atomic E-state index is 12.3. The lowest BCUT2D eigenvalue weighted by Crippen LogP contribution is -2.63. The molecule has 0 aromatic heterocycles. The van der Waals surface area contributed by atoms with Gasteiger partial charge in [0.1, 0.15) is 0 Å². The van der Waals surface area contributed by atoms with Crippen LogP contribution in [0.2, 0.25) is 0 Å². The Labute approximate surface area is 132 Å². The van der Waals surface area contributed by atoms with Crippen molar-refractivity contribution >= 4 is 5.97 Å². The highest BCUT2D eigenvalue weighted by atomic mass is 16.5. The van der Waals surface area contributed by atoms with Crippen molar-refractivity contribution in [3.8, 4) is 6.07 Å². The van der Waals surface area contributed by atoms with E-state index in [1.54, 1.807) is 7.11 Å². The second kappa shape index (κ2) is 6.17. The summed E-state index contributed by atoms with van der Waals surface area (Å²) < 4.78 is 10.7. The van der Waals surface area contributed by atoms with E-state index in [0.717, 1.165) is 38.8 Å². The summed E-state index contributed by atoms with van der Waals surface area (Å²) in [6.45, 7) is 2.03. The molecule has 2 heterocycles. The number of methoxy groups -OCH3 is 2. The summed E-state index contributed by atoms with van der Waals surface area (Å²) in [4.78, 5) is 14.8. The largest absolute Gasteiger partial charge is 0.469 e. The zero-order valence-corrected chi connectivity index (χ0v) is 13.6. The molecular weight excluding hydrogens is 280 g/mol. The second-order valence-electron chi connectivity index (χ2n) is 6.99. The molecule has 3 rings (SSSR count). The van der Waals surface area contributed by atoms with Gasteiger partial charge in [0.05, 0.1) is 25.2 Å². The van der Waals surface area contributed by atoms with Gasteiger partial charge in [0, 0.05) is 25.0 Å². The van der Waals surface area contributed by atoms with Gasteiger partial charge < -0.3 is 9.47 Å². The van der Waals surface area contributed by atoms with E-state index in [1.165, 1.54) is 13.5 Å². The normalized spacial score (nSPS) is 41.3. The van der Waals surface area contributed by atoms with Gasteiger partial charge in [-0.05, 0) is 51.1 Å². The van der Waals surface area contributed by atoms with Crippen LogP contribution in [0.15, 0.2) is 0 Å². The lowest BCUT2D eigenvalue weighted by molar-refractivity contribution is -0.159. The van der Waals surface area contributed by atoms with Gasteiger partial charge in [0.2, 0.25) is 0 Å². The number of hydrogen-bond acceptors (Lipinski definition) is 5. The highest BCUT2D eigenvalue weighted by Gasteiger charge is 2.60. The number of carbonyl (C=O) groups excluding carboxylic acids is 1. The lowest BCUT2D eigenvalue weighted by atomic mass is 9.59. The predicted octanol–water partition coefficient (Wildman–Crippen LogP) is 1.97. The van der Waals surface area contributed by atoms with Crippen molar-refractivity contribution in [2.45, 2.75) is 50.2 Å². The Balaban J connectivity index is 1.98. The van der Waals surface area contributed by atoms with Gasteiger partial charge in [-0.3, -0.25) is 9.69 Å². The lowest BCUT2D eigenvalue weighted by Gasteiger charge is -2.56. The molecule has 0 aromatic carbocycles. The van der Waals surface area contributed by atoms with Crippen LogP contribution >= 0.6 is 0 Å². The first-order chi connectivity index (χ1) is 10.7. The van der Waals surface area contributed by atoms with Crippen LogP contribution in [0.5, 0.6) is 0 Å². The van der Waals surface area contributed by atoms with E-state index < -0.39 is 0 Å². The highest BCUT2D eigenvalue weighted by molar-refractivity contribution is 5.73. The SMILES string of the molecule is COC(=O)C1CCN2CC[C@@H]3CC[C@H](OC)C[C@@]32[C@@H]1CC#N. The fraction of sp³-hybridized carbons (Fsp3) is 0.882. The third-order valence-corrected chi connectivity index (χ3v) is 6.42. The number of nitriles is 1. The molecule has 2 saturated heterocycles. The third kappa shape index (κ3) is 2.24. The first-order valence-corrected chi connectivity index (χ1v) is 8.40. The Kier molecular flexibility index (Phi) is 4.42. The van der Waals surface area contributed by atoms with Gasteiger partial charge in [-0.2, -0.15) is 5.26 Å². The average molecular weight is 306 g/mol. The monoisotopic (exact) mass is 306 g/mol. The summed E-state index contributed by atoms with van der Waals surface area (Å²) in [5.74, 6) is 0.380. The molecule has 22 heavy (non-hydrogen) atoms. The first-order valence-electron chi connectivity index (χ1n) is 8.40. The number of carbonyl (C=O) groups is 1. The Morgan fingerprint density at radius 3 is 2.73 bits per heavy atom. The van der Waals surface area contributed by atoms with Crippen LogP contribution in [0.3, 0.4) is 0 Å². The number of hydrogen-bond donors (Lipinski definition) is 0. The first kappa shape index (κ1) is 15.8. The molecular formula is C17H26N2O3. The molecule has 0 bridgehead atoms. The molecule has 3 fully saturated rings. The van der Waals surface area contributed by atoms with Gasteiger partial charge in [0.25, 0.3) is 0 Å². The van der Waals surface area contributed by atoms with Crippen molar-refractivity contribution in [1.29, 1.82) is 5.26 Å². The van der Waals surface area contributed by atoms with Gasteiger partial charge in [-0.1, -0.05) is 0 Å². The van der Waals surface area contributed by atoms with Crippen molar-refractivity contribution < 1.29 is 14.3 Å². The topological polar surface area (TPSA) is 62.6 Å². The molecule has 3 aliphatic rings. The molecule has 1 saturated carbocycles. The van der Waals surface area contributed by atoms with E-state index in [-0.39, 0.29) is 29.4 Å². The van der Waals surface area contributed by atoms with Crippen LogP contribution in [0.25, 0.3) is 0 Å². The van der Waals surface area contributed by atoms with Gasteiger partial charge in [0.15, 0.2) is 0 Å². The summed E-state index contributed by atoms with van der Waals surface area (Å²) in [6, 6.07) is 2.34. The van der Waals surface area contributed by atoms with Crippen molar-refractivity contribution in [2.75, 3.05) is 27.3 Å². The van der Waals surface area contributed by atoms with E-state index in [4.69, 9.17) is 9.47 Å². The van der Waals surface area contributed by atoms with Crippen molar-refractivity contribution in [2.24, 2.45) is 17.8 Å². The number of rotatable bonds is 3. The van der Waals surface area contributed by atoms with Crippen LogP contribution in [0.4, 0.5) is 0 Å². The molecule has 122 valence electrons. The number of nitrogens with zero attached hydrogens (tertiary/aromatic N) is 2. The van der Waals surface area contributed by atoms with E-state index in [0.29, 0.717) is 12.3 Å². The quantitative estimate of drug-likeness (QED) is 0.746. The summed E-state index contributed by atoms with van der Waals surface area (Å²) in [6.07, 6.45) is 5.87. The van der Waals surface area contributed by atoms with Crippen LogP contribution < -0.4 is 0 Å².